The van der Waals surface area contributed by atoms with Gasteiger partial charge in [-0.1, -0.05) is 24.3 Å². The zero-order chi connectivity index (χ0) is 105. The van der Waals surface area contributed by atoms with E-state index in [0.717, 1.165) is 0 Å². The summed E-state index contributed by atoms with van der Waals surface area (Å²) in [5.74, 6) is -8.47. The molecule has 0 heterocycles. The number of methoxy groups -OCH3 is 3. The van der Waals surface area contributed by atoms with Crippen LogP contribution in [0.4, 0.5) is 0 Å². The summed E-state index contributed by atoms with van der Waals surface area (Å²) in [6.07, 6.45) is -0.956. The Kier molecular flexibility index (Phi) is 109. The van der Waals surface area contributed by atoms with Crippen LogP contribution in [0.1, 0.15) is 40.0 Å². The predicted molar refractivity (Wildman–Crippen MR) is 528 cm³/mol. The van der Waals surface area contributed by atoms with Crippen LogP contribution in [0.2, 0.25) is 0 Å². The van der Waals surface area contributed by atoms with Gasteiger partial charge in [0.2, 0.25) is 5.91 Å². The minimum atomic E-state index is -4.12. The van der Waals surface area contributed by atoms with Gasteiger partial charge in [-0.3, -0.25) is 19.2 Å². The summed E-state index contributed by atoms with van der Waals surface area (Å²) in [6, 6.07) is 5.15. The van der Waals surface area contributed by atoms with E-state index in [1.54, 1.807) is 21.3 Å². The molecule has 146 heavy (non-hydrogen) atoms. The molecule has 0 unspecified atom stereocenters. The molecular formula is C96H179NO47S2. The van der Waals surface area contributed by atoms with Crippen molar-refractivity contribution < 1.29 is 221 Å². The Morgan fingerprint density at radius 1 is 0.226 bits per heavy atom. The van der Waals surface area contributed by atoms with Crippen molar-refractivity contribution in [2.75, 3.05) is 533 Å². The van der Waals surface area contributed by atoms with E-state index in [0.29, 0.717) is 396 Å². The standard InChI is InChI=1S/C96H179NO47S2/c1-107-12-15-111-20-23-115-28-31-119-36-37-123-40-41-125-44-45-127-48-49-129-52-53-131-56-57-133-60-61-135-64-65-137-68-69-138-67-66-136-63-62-134-59-58-132-55-54-130-51-50-128-47-46-126-43-42-124-39-38-122-35-34-118-27-26-114-19-18-110-11-10-97-96(102)91(8-9-94(99)100)86-93(98)89-4-6-90(7-5-89)95(101)92(87-145(103,104)84-82-143-80-78-141-76-74-139-72-70-120-32-29-116-24-21-112-16-13-108-2)88-146(105,106)85-83-144-81-79-142-77-75-140-73-71-121-33-30-117-25-22-113-17-14-109-3/h4-7,91-92H,8-88H2,1-3H3,(H,97,102)(H,99,100)/t91-/m1/s1. The summed E-state index contributed by atoms with van der Waals surface area (Å²) in [7, 11) is -3.40. The summed E-state index contributed by atoms with van der Waals surface area (Å²) in [5.41, 5.74) is -0.0101. The van der Waals surface area contributed by atoms with Gasteiger partial charge in [0.25, 0.3) is 0 Å². The average molecular weight is 2160 g/mol. The Morgan fingerprint density at radius 2 is 0.384 bits per heavy atom. The molecule has 0 spiro atoms. The molecule has 0 fully saturated rings. The van der Waals surface area contributed by atoms with Crippen molar-refractivity contribution in [2.45, 2.75) is 19.3 Å². The zero-order valence-electron chi connectivity index (χ0n) is 87.3. The molecule has 0 aliphatic heterocycles. The van der Waals surface area contributed by atoms with E-state index in [4.69, 9.17) is 180 Å². The highest BCUT2D eigenvalue weighted by Crippen LogP contribution is 2.21. The maximum Gasteiger partial charge on any atom is 0.303 e. The molecule has 0 saturated carbocycles. The third-order valence-electron chi connectivity index (χ3n) is 19.1. The molecule has 50 heteroatoms. The maximum absolute atomic E-state index is 14.2. The molecule has 0 saturated heterocycles. The number of aliphatic carboxylic acids is 1. The van der Waals surface area contributed by atoms with Crippen molar-refractivity contribution >= 4 is 43.1 Å². The van der Waals surface area contributed by atoms with Crippen LogP contribution in [0.3, 0.4) is 0 Å². The second-order valence-electron chi connectivity index (χ2n) is 30.8. The molecule has 862 valence electrons. The number of carbonyl (C=O) groups excluding carboxylic acids is 3. The van der Waals surface area contributed by atoms with Gasteiger partial charge in [0.1, 0.15) is 0 Å². The Hall–Kier alpha value is -4.12. The molecule has 1 aromatic rings. The van der Waals surface area contributed by atoms with Crippen molar-refractivity contribution in [1.82, 2.24) is 5.32 Å². The molecule has 48 nitrogen and oxygen atoms in total. The highest BCUT2D eigenvalue weighted by atomic mass is 32.2. The number of nitrogens with one attached hydrogen (secondary N) is 1. The summed E-state index contributed by atoms with van der Waals surface area (Å²) in [6.45, 7) is 28.3. The molecule has 2 N–H and O–H groups in total. The molecular weight excluding hydrogens is 1980 g/mol. The van der Waals surface area contributed by atoms with Crippen LogP contribution < -0.4 is 5.32 Å². The van der Waals surface area contributed by atoms with Crippen molar-refractivity contribution in [1.29, 1.82) is 0 Å². The molecule has 0 aliphatic carbocycles. The average Bonchev–Trinajstić information content (AvgIpc) is 0.821. The summed E-state index contributed by atoms with van der Waals surface area (Å²) < 4.78 is 262. The molecule has 1 rings (SSSR count). The van der Waals surface area contributed by atoms with Crippen LogP contribution in [0.5, 0.6) is 0 Å². The number of carbonyl (C=O) groups is 4. The van der Waals surface area contributed by atoms with Crippen molar-refractivity contribution in [3.63, 3.8) is 0 Å². The normalized spacial score (nSPS) is 12.2. The van der Waals surface area contributed by atoms with E-state index >= 15 is 0 Å². The third kappa shape index (κ3) is 104. The number of hydrogen-bond donors (Lipinski definition) is 2. The maximum atomic E-state index is 14.2. The number of ketones is 2. The van der Waals surface area contributed by atoms with Crippen molar-refractivity contribution in [3.8, 4) is 0 Å². The first kappa shape index (κ1) is 140. The number of sulfone groups is 2. The smallest absolute Gasteiger partial charge is 0.303 e. The van der Waals surface area contributed by atoms with E-state index in [-0.39, 0.29) is 116 Å². The highest BCUT2D eigenvalue weighted by molar-refractivity contribution is 7.92. The largest absolute Gasteiger partial charge is 0.481 e. The Bertz CT molecular complexity index is 3070. The van der Waals surface area contributed by atoms with Gasteiger partial charge >= 0.3 is 5.97 Å². The van der Waals surface area contributed by atoms with Crippen LogP contribution in [0.25, 0.3) is 0 Å². The van der Waals surface area contributed by atoms with Gasteiger partial charge < -0.3 is 190 Å². The van der Waals surface area contributed by atoms with E-state index < -0.39 is 84.4 Å². The molecule has 1 amide bonds. The molecule has 0 radical (unpaired) electrons. The number of hydrogen-bond acceptors (Lipinski definition) is 46. The first-order chi connectivity index (χ1) is 71.7. The lowest BCUT2D eigenvalue weighted by atomic mass is 9.92. The monoisotopic (exact) mass is 2160 g/mol. The minimum Gasteiger partial charge on any atom is -0.481 e. The molecule has 0 aromatic heterocycles. The SMILES string of the molecule is COCCOCCOCCOCCOCCOCCOCCOCCOCCOCCOCCOCCOCCOCCOCCOCCOCCOCCOCCOCCOCCOCCOCCOCCNC(=O)[C@H](CCC(=O)O)CC(=O)c1ccc(C(=O)C(CS(=O)(=O)CCOCCOCCOCCOCCOCCOCCOC)CS(=O)(=O)CCOCCOCCOCCOCCOCCOCCOC)cc1. The van der Waals surface area contributed by atoms with Gasteiger partial charge in [-0.15, -0.1) is 0 Å². The second kappa shape index (κ2) is 113. The quantitative estimate of drug-likeness (QED) is 0.0678. The van der Waals surface area contributed by atoms with Crippen LogP contribution in [-0.4, -0.2) is 579 Å². The lowest BCUT2D eigenvalue weighted by Gasteiger charge is -2.18. The van der Waals surface area contributed by atoms with Crippen LogP contribution in [0, 0.1) is 11.8 Å². The van der Waals surface area contributed by atoms with E-state index in [9.17, 15) is 41.1 Å². The number of amides is 1. The van der Waals surface area contributed by atoms with Gasteiger partial charge in [0, 0.05) is 57.8 Å². The Balaban J connectivity index is 2.13. The molecule has 1 aromatic carbocycles. The number of Topliss-reactive ketones (excluding diaryl/α,β-unsaturated/α-hetero) is 2. The Labute approximate surface area is 865 Å². The fraction of sp³-hybridized carbons (Fsp3) is 0.896. The van der Waals surface area contributed by atoms with Crippen LogP contribution in [-0.2, 0) is 209 Å². The number of carboxylic acid groups (broad SMARTS) is 1. The first-order valence-corrected chi connectivity index (χ1v) is 54.1. The van der Waals surface area contributed by atoms with E-state index in [1.165, 1.54) is 24.3 Å². The Morgan fingerprint density at radius 3 is 0.555 bits per heavy atom. The second-order valence-corrected chi connectivity index (χ2v) is 35.3. The fourth-order valence-corrected chi connectivity index (χ4v) is 14.5. The number of ether oxygens (including phenoxy) is 38. The first-order valence-electron chi connectivity index (χ1n) is 50.5. The minimum absolute atomic E-state index is 0.0428. The van der Waals surface area contributed by atoms with Gasteiger partial charge in [-0.2, -0.15) is 0 Å². The number of rotatable bonds is 127. The number of carboxylic acids is 1. The predicted octanol–water partition coefficient (Wildman–Crippen LogP) is 1.01. The van der Waals surface area contributed by atoms with Gasteiger partial charge in [-0.25, -0.2) is 16.8 Å². The van der Waals surface area contributed by atoms with Gasteiger partial charge in [0.05, 0.1) is 511 Å². The number of benzene rings is 1. The molecule has 0 bridgehead atoms. The topological polar surface area (TPSA) is 520 Å². The lowest BCUT2D eigenvalue weighted by Crippen LogP contribution is -2.35. The molecule has 1 atom stereocenters. The summed E-state index contributed by atoms with van der Waals surface area (Å²) in [4.78, 5) is 52.9. The van der Waals surface area contributed by atoms with Gasteiger partial charge in [0.15, 0.2) is 31.2 Å². The lowest BCUT2D eigenvalue weighted by molar-refractivity contribution is -0.137. The van der Waals surface area contributed by atoms with Crippen LogP contribution >= 0.6 is 0 Å². The third-order valence-corrected chi connectivity index (χ3v) is 22.5. The van der Waals surface area contributed by atoms with E-state index in [1.807, 2.05) is 0 Å². The van der Waals surface area contributed by atoms with E-state index in [2.05, 4.69) is 5.32 Å². The van der Waals surface area contributed by atoms with Crippen molar-refractivity contribution in [3.05, 3.63) is 35.4 Å². The highest BCUT2D eigenvalue weighted by Gasteiger charge is 2.32. The zero-order valence-corrected chi connectivity index (χ0v) is 88.9. The summed E-state index contributed by atoms with van der Waals surface area (Å²) in [5, 5.41) is 12.2. The molecule has 0 aliphatic rings. The summed E-state index contributed by atoms with van der Waals surface area (Å²) >= 11 is 0. The van der Waals surface area contributed by atoms with Crippen molar-refractivity contribution in [2.24, 2.45) is 11.8 Å². The fourth-order valence-electron chi connectivity index (χ4n) is 11.5. The van der Waals surface area contributed by atoms with Crippen LogP contribution in [0.15, 0.2) is 24.3 Å². The van der Waals surface area contributed by atoms with Gasteiger partial charge in [-0.05, 0) is 6.42 Å².